The Hall–Kier alpha value is -4.16. The van der Waals surface area contributed by atoms with Gasteiger partial charge in [0.25, 0.3) is 0 Å². The number of aliphatic hydroxyl groups is 1. The van der Waals surface area contributed by atoms with Crippen LogP contribution in [0.4, 0.5) is 0 Å². The summed E-state index contributed by atoms with van der Waals surface area (Å²) in [6.07, 6.45) is 1.32. The van der Waals surface area contributed by atoms with Gasteiger partial charge < -0.3 is 43.0 Å². The maximum absolute atomic E-state index is 13.1. The Morgan fingerprint density at radius 1 is 0.762 bits per heavy atom. The number of hydrogen-bond acceptors (Lipinski definition) is 12. The second-order valence-corrected chi connectivity index (χ2v) is 9.90. The van der Waals surface area contributed by atoms with Gasteiger partial charge in [0.15, 0.2) is 23.0 Å². The van der Waals surface area contributed by atoms with Crippen LogP contribution in [0, 0.1) is 0 Å². The number of rotatable bonds is 11. The molecule has 2 saturated heterocycles. The van der Waals surface area contributed by atoms with Crippen LogP contribution in [-0.2, 0) is 14.3 Å². The van der Waals surface area contributed by atoms with Gasteiger partial charge in [0.2, 0.25) is 11.5 Å². The molecule has 2 aliphatic heterocycles. The van der Waals surface area contributed by atoms with E-state index in [4.69, 9.17) is 37.9 Å². The van der Waals surface area contributed by atoms with Crippen molar-refractivity contribution in [3.8, 4) is 34.5 Å². The lowest BCUT2D eigenvalue weighted by molar-refractivity contribution is -0.148. The highest BCUT2D eigenvalue weighted by Crippen LogP contribution is 2.41. The second-order valence-electron chi connectivity index (χ2n) is 9.90. The summed E-state index contributed by atoms with van der Waals surface area (Å²) in [7, 11) is 10.8. The quantitative estimate of drug-likeness (QED) is 0.306. The summed E-state index contributed by atoms with van der Waals surface area (Å²) in [5.74, 6) is 1.14. The molecule has 2 aliphatic rings. The molecule has 0 aromatic heterocycles. The normalized spacial score (nSPS) is 23.3. The highest BCUT2D eigenvalue weighted by molar-refractivity contribution is 5.91. The van der Waals surface area contributed by atoms with E-state index < -0.39 is 30.3 Å². The van der Waals surface area contributed by atoms with E-state index in [2.05, 4.69) is 0 Å². The Bertz CT molecular complexity index is 1280. The summed E-state index contributed by atoms with van der Waals surface area (Å²) in [5, 5.41) is 11.0. The SMILES string of the molecule is COc1cc(C=CC(=O)O[C@H]2C3C[C@H](OC(=O)c4cc(OC)c(OC)c(OC)c4)CC([C@H]2O)N3C)cc(OC)c1OC. The molecule has 2 aromatic carbocycles. The van der Waals surface area contributed by atoms with Crippen LogP contribution in [0.5, 0.6) is 34.5 Å². The van der Waals surface area contributed by atoms with Gasteiger partial charge in [-0.3, -0.25) is 4.90 Å². The molecule has 1 N–H and O–H groups in total. The predicted molar refractivity (Wildman–Crippen MR) is 151 cm³/mol. The molecule has 4 rings (SSSR count). The van der Waals surface area contributed by atoms with E-state index in [0.717, 1.165) is 0 Å². The van der Waals surface area contributed by atoms with Gasteiger partial charge in [-0.05, 0) is 43.0 Å². The molecular formula is C30H37NO11. The van der Waals surface area contributed by atoms with E-state index in [0.29, 0.717) is 52.9 Å². The zero-order valence-electron chi connectivity index (χ0n) is 24.7. The van der Waals surface area contributed by atoms with Crippen LogP contribution in [0.1, 0.15) is 28.8 Å². The van der Waals surface area contributed by atoms with Crippen molar-refractivity contribution in [2.45, 2.75) is 43.2 Å². The molecule has 0 saturated carbocycles. The van der Waals surface area contributed by atoms with Crippen LogP contribution in [0.25, 0.3) is 6.08 Å². The molecule has 2 bridgehead atoms. The molecule has 0 amide bonds. The third-order valence-corrected chi connectivity index (χ3v) is 7.69. The highest BCUT2D eigenvalue weighted by atomic mass is 16.6. The van der Waals surface area contributed by atoms with Crippen molar-refractivity contribution >= 4 is 18.0 Å². The van der Waals surface area contributed by atoms with Gasteiger partial charge >= 0.3 is 11.9 Å². The topological polar surface area (TPSA) is 131 Å². The summed E-state index contributed by atoms with van der Waals surface area (Å²) >= 11 is 0. The van der Waals surface area contributed by atoms with E-state index in [1.165, 1.54) is 60.9 Å². The Labute approximate surface area is 244 Å². The van der Waals surface area contributed by atoms with E-state index in [-0.39, 0.29) is 17.6 Å². The molecule has 12 nitrogen and oxygen atoms in total. The maximum Gasteiger partial charge on any atom is 0.338 e. The number of esters is 2. The first kappa shape index (κ1) is 30.8. The third kappa shape index (κ3) is 6.04. The van der Waals surface area contributed by atoms with Gasteiger partial charge in [-0.25, -0.2) is 9.59 Å². The summed E-state index contributed by atoms with van der Waals surface area (Å²) in [6, 6.07) is 5.72. The average Bonchev–Trinajstić information content (AvgIpc) is 3.12. The second kappa shape index (κ2) is 13.2. The third-order valence-electron chi connectivity index (χ3n) is 7.69. The minimum absolute atomic E-state index is 0.233. The fourth-order valence-electron chi connectivity index (χ4n) is 5.60. The minimum atomic E-state index is -0.955. The number of nitrogens with zero attached hydrogens (tertiary/aromatic N) is 1. The molecule has 42 heavy (non-hydrogen) atoms. The molecule has 0 aliphatic carbocycles. The lowest BCUT2D eigenvalue weighted by Crippen LogP contribution is -2.46. The molecule has 2 aromatic rings. The Morgan fingerprint density at radius 2 is 1.26 bits per heavy atom. The predicted octanol–water partition coefficient (Wildman–Crippen LogP) is 2.73. The molecule has 2 unspecified atom stereocenters. The van der Waals surface area contributed by atoms with Crippen LogP contribution in [-0.4, -0.2) is 102 Å². The number of benzene rings is 2. The van der Waals surface area contributed by atoms with Gasteiger partial charge in [0.05, 0.1) is 54.3 Å². The van der Waals surface area contributed by atoms with Crippen molar-refractivity contribution in [3.05, 3.63) is 41.5 Å². The van der Waals surface area contributed by atoms with Gasteiger partial charge in [0, 0.05) is 25.0 Å². The zero-order valence-corrected chi connectivity index (χ0v) is 24.7. The molecule has 0 spiro atoms. The van der Waals surface area contributed by atoms with Crippen molar-refractivity contribution in [3.63, 3.8) is 0 Å². The summed E-state index contributed by atoms with van der Waals surface area (Å²) in [6.45, 7) is 0. The monoisotopic (exact) mass is 587 g/mol. The Morgan fingerprint density at radius 3 is 1.76 bits per heavy atom. The lowest BCUT2D eigenvalue weighted by atomic mass is 10.00. The van der Waals surface area contributed by atoms with Crippen LogP contribution >= 0.6 is 0 Å². The minimum Gasteiger partial charge on any atom is -0.493 e. The van der Waals surface area contributed by atoms with Crippen molar-refractivity contribution in [1.82, 2.24) is 4.90 Å². The number of carbonyl (C=O) groups excluding carboxylic acids is 2. The zero-order chi connectivity index (χ0) is 30.6. The number of piperidine rings is 1. The number of likely N-dealkylation sites (N-methyl/N-ethyl adjacent to an activating group) is 1. The number of ether oxygens (including phenoxy) is 8. The van der Waals surface area contributed by atoms with Gasteiger partial charge in [-0.2, -0.15) is 0 Å². The van der Waals surface area contributed by atoms with Gasteiger partial charge in [-0.15, -0.1) is 0 Å². The van der Waals surface area contributed by atoms with Gasteiger partial charge in [0.1, 0.15) is 18.3 Å². The summed E-state index contributed by atoms with van der Waals surface area (Å²) in [5.41, 5.74) is 0.860. The van der Waals surface area contributed by atoms with E-state index in [1.54, 1.807) is 18.2 Å². The smallest absolute Gasteiger partial charge is 0.338 e. The fraction of sp³-hybridized carbons (Fsp3) is 0.467. The molecule has 12 heteroatoms. The van der Waals surface area contributed by atoms with Crippen molar-refractivity contribution in [2.75, 3.05) is 49.7 Å². The molecule has 5 atom stereocenters. The van der Waals surface area contributed by atoms with Crippen LogP contribution in [0.15, 0.2) is 30.3 Å². The first-order valence-corrected chi connectivity index (χ1v) is 13.3. The van der Waals surface area contributed by atoms with E-state index >= 15 is 0 Å². The standard InChI is InChI=1S/C30H37NO11/c1-31-19-14-18(41-30(34)17-12-23(37-4)29(40-7)24(13-17)38-5)15-20(31)27(26(19)33)42-25(32)9-8-16-10-21(35-2)28(39-6)22(11-16)36-3/h8-13,18-20,26-27,33H,14-15H2,1-7H3/t18-,19?,20?,26-,27+/m1/s1. The molecule has 2 heterocycles. The number of methoxy groups -OCH3 is 6. The lowest BCUT2D eigenvalue weighted by Gasteiger charge is -2.36. The first-order chi connectivity index (χ1) is 20.2. The van der Waals surface area contributed by atoms with Crippen molar-refractivity contribution in [2.24, 2.45) is 0 Å². The largest absolute Gasteiger partial charge is 0.493 e. The molecule has 228 valence electrons. The summed E-state index contributed by atoms with van der Waals surface area (Å²) in [4.78, 5) is 27.9. The van der Waals surface area contributed by atoms with Crippen molar-refractivity contribution < 1.29 is 52.6 Å². The number of fused-ring (bicyclic) bond motifs is 2. The van der Waals surface area contributed by atoms with Crippen LogP contribution < -0.4 is 28.4 Å². The fourth-order valence-corrected chi connectivity index (χ4v) is 5.60. The molecular weight excluding hydrogens is 550 g/mol. The number of carbonyl (C=O) groups is 2. The number of aliphatic hydroxyl groups excluding tert-OH is 1. The van der Waals surface area contributed by atoms with Crippen molar-refractivity contribution in [1.29, 1.82) is 0 Å². The van der Waals surface area contributed by atoms with Crippen LogP contribution in [0.2, 0.25) is 0 Å². The van der Waals surface area contributed by atoms with E-state index in [9.17, 15) is 14.7 Å². The average molecular weight is 588 g/mol. The molecule has 0 radical (unpaired) electrons. The van der Waals surface area contributed by atoms with Gasteiger partial charge in [-0.1, -0.05) is 0 Å². The highest BCUT2D eigenvalue weighted by Gasteiger charge is 2.53. The summed E-state index contributed by atoms with van der Waals surface area (Å²) < 4.78 is 43.6. The van der Waals surface area contributed by atoms with Crippen LogP contribution in [0.3, 0.4) is 0 Å². The number of hydrogen-bond donors (Lipinski definition) is 1. The maximum atomic E-state index is 13.1. The van der Waals surface area contributed by atoms with E-state index in [1.807, 2.05) is 11.9 Å². The Kier molecular flexibility index (Phi) is 9.69. The molecule has 2 fully saturated rings. The first-order valence-electron chi connectivity index (χ1n) is 13.3. The Balaban J connectivity index is 1.44.